The molecule has 102 valence electrons. The van der Waals surface area contributed by atoms with Crippen LogP contribution in [0, 0.1) is 0 Å². The highest BCUT2D eigenvalue weighted by Crippen LogP contribution is 2.22. The second kappa shape index (κ2) is 7.43. The van der Waals surface area contributed by atoms with Gasteiger partial charge in [0, 0.05) is 17.0 Å². The normalized spacial score (nSPS) is 14.2. The van der Waals surface area contributed by atoms with Gasteiger partial charge >= 0.3 is 0 Å². The highest BCUT2D eigenvalue weighted by molar-refractivity contribution is 7.10. The summed E-state index contributed by atoms with van der Waals surface area (Å²) in [6.07, 6.45) is 1.89. The molecule has 2 nitrogen and oxygen atoms in total. The molecule has 1 aromatic carbocycles. The maximum atomic E-state index is 9.57. The Balaban J connectivity index is 1.98. The molecule has 2 atom stereocenters. The summed E-state index contributed by atoms with van der Waals surface area (Å²) < 4.78 is 0. The van der Waals surface area contributed by atoms with Crippen LogP contribution in [0.3, 0.4) is 0 Å². The summed E-state index contributed by atoms with van der Waals surface area (Å²) in [6.45, 7) is 2.34. The van der Waals surface area contributed by atoms with Crippen molar-refractivity contribution >= 4 is 11.3 Å². The molecule has 0 radical (unpaired) electrons. The van der Waals surface area contributed by atoms with Gasteiger partial charge in [0.15, 0.2) is 0 Å². The summed E-state index contributed by atoms with van der Waals surface area (Å²) in [5.74, 6) is 0. The van der Waals surface area contributed by atoms with E-state index in [0.717, 1.165) is 12.8 Å². The van der Waals surface area contributed by atoms with Crippen LogP contribution in [0.25, 0.3) is 0 Å². The van der Waals surface area contributed by atoms with Gasteiger partial charge in [0.25, 0.3) is 0 Å². The van der Waals surface area contributed by atoms with Crippen molar-refractivity contribution in [2.75, 3.05) is 6.61 Å². The molecule has 2 aromatic rings. The van der Waals surface area contributed by atoms with E-state index >= 15 is 0 Å². The van der Waals surface area contributed by atoms with Gasteiger partial charge in [0.1, 0.15) is 0 Å². The fraction of sp³-hybridized carbons (Fsp3) is 0.375. The van der Waals surface area contributed by atoms with E-state index in [9.17, 15) is 5.11 Å². The van der Waals surface area contributed by atoms with E-state index in [2.05, 4.69) is 41.9 Å². The molecule has 1 unspecified atom stereocenters. The molecule has 3 heteroatoms. The third-order valence-corrected chi connectivity index (χ3v) is 4.26. The van der Waals surface area contributed by atoms with Crippen molar-refractivity contribution in [2.24, 2.45) is 0 Å². The van der Waals surface area contributed by atoms with E-state index in [0.29, 0.717) is 6.04 Å². The van der Waals surface area contributed by atoms with Gasteiger partial charge in [-0.25, -0.2) is 0 Å². The number of hydrogen-bond donors (Lipinski definition) is 2. The lowest BCUT2D eigenvalue weighted by molar-refractivity contribution is 0.229. The molecule has 19 heavy (non-hydrogen) atoms. The lowest BCUT2D eigenvalue weighted by atomic mass is 10.0. The summed E-state index contributed by atoms with van der Waals surface area (Å²) in [5, 5.41) is 15.2. The largest absolute Gasteiger partial charge is 0.395 e. The van der Waals surface area contributed by atoms with Crippen molar-refractivity contribution in [3.8, 4) is 0 Å². The number of rotatable bonds is 7. The lowest BCUT2D eigenvalue weighted by Crippen LogP contribution is -2.37. The standard InChI is InChI=1S/C16H21NOS/c1-2-15(16-9-6-10-19-16)17-14(12-18)11-13-7-4-3-5-8-13/h3-10,14-15,17-18H,2,11-12H2,1H3/t14-,15?/m1/s1. The second-order valence-corrected chi connectivity index (χ2v) is 5.69. The molecule has 2 N–H and O–H groups in total. The molecule has 0 saturated carbocycles. The molecule has 1 heterocycles. The Bertz CT molecular complexity index is 455. The number of nitrogens with one attached hydrogen (secondary N) is 1. The van der Waals surface area contributed by atoms with E-state index < -0.39 is 0 Å². The Morgan fingerprint density at radius 2 is 1.95 bits per heavy atom. The quantitative estimate of drug-likeness (QED) is 0.812. The summed E-state index contributed by atoms with van der Waals surface area (Å²) in [5.41, 5.74) is 1.26. The van der Waals surface area contributed by atoms with Gasteiger partial charge in [-0.15, -0.1) is 11.3 Å². The SMILES string of the molecule is CCC(N[C@@H](CO)Cc1ccccc1)c1cccs1. The summed E-state index contributed by atoms with van der Waals surface area (Å²) >= 11 is 1.77. The Hall–Kier alpha value is -1.16. The van der Waals surface area contributed by atoms with Crippen molar-refractivity contribution in [3.05, 3.63) is 58.3 Å². The monoisotopic (exact) mass is 275 g/mol. The molecule has 0 aliphatic heterocycles. The zero-order valence-electron chi connectivity index (χ0n) is 11.3. The Kier molecular flexibility index (Phi) is 5.58. The minimum absolute atomic E-state index is 0.106. The first kappa shape index (κ1) is 14.3. The minimum atomic E-state index is 0.106. The van der Waals surface area contributed by atoms with E-state index in [4.69, 9.17) is 0 Å². The zero-order chi connectivity index (χ0) is 13.5. The zero-order valence-corrected chi connectivity index (χ0v) is 12.1. The molecule has 0 aliphatic carbocycles. The minimum Gasteiger partial charge on any atom is -0.395 e. The van der Waals surface area contributed by atoms with Crippen LogP contribution >= 0.6 is 11.3 Å². The molecule has 0 spiro atoms. The van der Waals surface area contributed by atoms with Crippen LogP contribution < -0.4 is 5.32 Å². The molecule has 0 saturated heterocycles. The average molecular weight is 275 g/mol. The van der Waals surface area contributed by atoms with Crippen molar-refractivity contribution in [1.29, 1.82) is 0 Å². The molecular formula is C16H21NOS. The number of thiophene rings is 1. The molecule has 0 amide bonds. The predicted molar refractivity (Wildman–Crippen MR) is 81.5 cm³/mol. The number of benzene rings is 1. The maximum Gasteiger partial charge on any atom is 0.0588 e. The number of aliphatic hydroxyl groups excluding tert-OH is 1. The fourth-order valence-corrected chi connectivity index (χ4v) is 3.12. The Morgan fingerprint density at radius 3 is 2.53 bits per heavy atom. The Morgan fingerprint density at radius 1 is 1.16 bits per heavy atom. The van der Waals surface area contributed by atoms with Crippen molar-refractivity contribution in [2.45, 2.75) is 31.8 Å². The van der Waals surface area contributed by atoms with Crippen LogP contribution in [-0.2, 0) is 6.42 Å². The molecule has 0 fully saturated rings. The first-order valence-electron chi connectivity index (χ1n) is 6.77. The van der Waals surface area contributed by atoms with Gasteiger partial charge in [0.05, 0.1) is 6.61 Å². The summed E-state index contributed by atoms with van der Waals surface area (Å²) in [7, 11) is 0. The summed E-state index contributed by atoms with van der Waals surface area (Å²) in [6, 6.07) is 15.0. The van der Waals surface area contributed by atoms with Gasteiger partial charge in [-0.3, -0.25) is 0 Å². The molecule has 0 aliphatic rings. The van der Waals surface area contributed by atoms with Crippen LogP contribution in [0.5, 0.6) is 0 Å². The average Bonchev–Trinajstić information content (AvgIpc) is 2.98. The number of hydrogen-bond acceptors (Lipinski definition) is 3. The van der Waals surface area contributed by atoms with Gasteiger partial charge in [0.2, 0.25) is 0 Å². The second-order valence-electron chi connectivity index (χ2n) is 4.71. The molecular weight excluding hydrogens is 254 g/mol. The molecule has 0 bridgehead atoms. The van der Waals surface area contributed by atoms with Crippen LogP contribution in [-0.4, -0.2) is 17.8 Å². The number of aliphatic hydroxyl groups is 1. The third kappa shape index (κ3) is 4.16. The van der Waals surface area contributed by atoms with Crippen LogP contribution in [0.1, 0.15) is 29.8 Å². The van der Waals surface area contributed by atoms with E-state index in [1.165, 1.54) is 10.4 Å². The lowest BCUT2D eigenvalue weighted by Gasteiger charge is -2.23. The van der Waals surface area contributed by atoms with Gasteiger partial charge in [-0.2, -0.15) is 0 Å². The molecule has 1 aromatic heterocycles. The Labute approximate surface area is 119 Å². The topological polar surface area (TPSA) is 32.3 Å². The van der Waals surface area contributed by atoms with Crippen molar-refractivity contribution in [3.63, 3.8) is 0 Å². The predicted octanol–water partition coefficient (Wildman–Crippen LogP) is 3.39. The third-order valence-electron chi connectivity index (χ3n) is 3.28. The van der Waals surface area contributed by atoms with Crippen molar-refractivity contribution in [1.82, 2.24) is 5.32 Å². The van der Waals surface area contributed by atoms with E-state index in [1.54, 1.807) is 11.3 Å². The first-order valence-corrected chi connectivity index (χ1v) is 7.65. The van der Waals surface area contributed by atoms with Crippen LogP contribution in [0.2, 0.25) is 0 Å². The van der Waals surface area contributed by atoms with Gasteiger partial charge < -0.3 is 10.4 Å². The molecule has 2 rings (SSSR count). The highest BCUT2D eigenvalue weighted by atomic mass is 32.1. The smallest absolute Gasteiger partial charge is 0.0588 e. The fourth-order valence-electron chi connectivity index (χ4n) is 2.25. The maximum absolute atomic E-state index is 9.57. The van der Waals surface area contributed by atoms with Crippen LogP contribution in [0.4, 0.5) is 0 Å². The van der Waals surface area contributed by atoms with Gasteiger partial charge in [-0.1, -0.05) is 43.3 Å². The highest BCUT2D eigenvalue weighted by Gasteiger charge is 2.16. The van der Waals surface area contributed by atoms with Crippen LogP contribution in [0.15, 0.2) is 47.8 Å². The first-order chi connectivity index (χ1) is 9.33. The van der Waals surface area contributed by atoms with Gasteiger partial charge in [-0.05, 0) is 29.9 Å². The summed E-state index contributed by atoms with van der Waals surface area (Å²) in [4.78, 5) is 1.34. The van der Waals surface area contributed by atoms with E-state index in [-0.39, 0.29) is 12.6 Å². The van der Waals surface area contributed by atoms with Crippen molar-refractivity contribution < 1.29 is 5.11 Å². The van der Waals surface area contributed by atoms with E-state index in [1.807, 2.05) is 18.2 Å².